The number of halogens is 1. The number of aromatic hydroxyl groups is 1. The van der Waals surface area contributed by atoms with Crippen LogP contribution in [0.5, 0.6) is 11.5 Å². The first-order valence-corrected chi connectivity index (χ1v) is 8.01. The van der Waals surface area contributed by atoms with Crippen molar-refractivity contribution in [2.75, 3.05) is 5.32 Å². The van der Waals surface area contributed by atoms with Gasteiger partial charge in [-0.05, 0) is 30.3 Å². The lowest BCUT2D eigenvalue weighted by Crippen LogP contribution is -2.14. The Morgan fingerprint density at radius 2 is 2.07 bits per heavy atom. The van der Waals surface area contributed by atoms with Crippen molar-refractivity contribution in [3.63, 3.8) is 0 Å². The molecule has 9 nitrogen and oxygen atoms in total. The third-order valence-electron chi connectivity index (χ3n) is 3.49. The number of amides is 1. The van der Waals surface area contributed by atoms with Crippen LogP contribution >= 0.6 is 11.6 Å². The molecule has 3 aromatic rings. The molecule has 0 saturated heterocycles. The number of carbonyl (C=O) groups excluding carboxylic acids is 1. The highest BCUT2D eigenvalue weighted by atomic mass is 35.5. The van der Waals surface area contributed by atoms with Crippen molar-refractivity contribution in [1.82, 2.24) is 9.78 Å². The summed E-state index contributed by atoms with van der Waals surface area (Å²) in [6, 6.07) is 11.6. The van der Waals surface area contributed by atoms with Crippen LogP contribution in [-0.4, -0.2) is 25.7 Å². The van der Waals surface area contributed by atoms with Crippen molar-refractivity contribution < 1.29 is 19.6 Å². The van der Waals surface area contributed by atoms with E-state index in [4.69, 9.17) is 16.3 Å². The average Bonchev–Trinajstić information content (AvgIpc) is 3.12. The van der Waals surface area contributed by atoms with Gasteiger partial charge in [-0.15, -0.1) is 0 Å². The van der Waals surface area contributed by atoms with E-state index in [2.05, 4.69) is 10.4 Å². The lowest BCUT2D eigenvalue weighted by molar-refractivity contribution is -0.386. The number of rotatable bonds is 6. The molecule has 0 aliphatic rings. The highest BCUT2D eigenvalue weighted by Gasteiger charge is 2.15. The minimum atomic E-state index is -0.558. The second-order valence-electron chi connectivity index (χ2n) is 5.35. The van der Waals surface area contributed by atoms with Crippen LogP contribution in [-0.2, 0) is 6.73 Å². The van der Waals surface area contributed by atoms with E-state index in [1.165, 1.54) is 53.3 Å². The van der Waals surface area contributed by atoms with Crippen molar-refractivity contribution in [3.05, 3.63) is 75.6 Å². The maximum absolute atomic E-state index is 12.2. The molecule has 0 saturated carbocycles. The number of hydrogen-bond acceptors (Lipinski definition) is 6. The molecule has 0 fully saturated rings. The molecule has 0 atom stereocenters. The van der Waals surface area contributed by atoms with Crippen LogP contribution in [0.4, 0.5) is 11.4 Å². The highest BCUT2D eigenvalue weighted by Crippen LogP contribution is 2.27. The number of nitro groups is 1. The molecule has 3 rings (SSSR count). The molecular weight excluding hydrogens is 376 g/mol. The number of nitrogens with zero attached hydrogens (tertiary/aromatic N) is 3. The molecular formula is C17H13ClN4O5. The monoisotopic (exact) mass is 388 g/mol. The molecule has 10 heteroatoms. The standard InChI is InChI=1S/C17H13ClN4O5/c18-11-5-6-15(23)13(9-11)19-17(24)12-7-8-21(20-12)10-27-16-4-2-1-3-14(16)22(25)26/h1-9,23H,10H2,(H,19,24). The van der Waals surface area contributed by atoms with Gasteiger partial charge in [-0.1, -0.05) is 23.7 Å². The number of carbonyl (C=O) groups is 1. The topological polar surface area (TPSA) is 120 Å². The summed E-state index contributed by atoms with van der Waals surface area (Å²) in [5.74, 6) is -0.600. The fourth-order valence-electron chi connectivity index (χ4n) is 2.22. The van der Waals surface area contributed by atoms with Gasteiger partial charge in [0, 0.05) is 17.3 Å². The summed E-state index contributed by atoms with van der Waals surface area (Å²) in [7, 11) is 0. The predicted molar refractivity (Wildman–Crippen MR) is 97.0 cm³/mol. The molecule has 0 aliphatic heterocycles. The first kappa shape index (κ1) is 18.2. The van der Waals surface area contributed by atoms with E-state index in [0.29, 0.717) is 5.02 Å². The number of anilines is 1. The normalized spacial score (nSPS) is 10.4. The summed E-state index contributed by atoms with van der Waals surface area (Å²) in [5.41, 5.74) is 0.0535. The molecule has 0 radical (unpaired) electrons. The number of para-hydroxylation sites is 2. The van der Waals surface area contributed by atoms with Crippen LogP contribution in [0.3, 0.4) is 0 Å². The Hall–Kier alpha value is -3.59. The van der Waals surface area contributed by atoms with E-state index in [0.717, 1.165) is 0 Å². The highest BCUT2D eigenvalue weighted by molar-refractivity contribution is 6.31. The Morgan fingerprint density at radius 1 is 1.30 bits per heavy atom. The number of benzene rings is 2. The Morgan fingerprint density at radius 3 is 2.85 bits per heavy atom. The van der Waals surface area contributed by atoms with Crippen LogP contribution in [0.15, 0.2) is 54.7 Å². The van der Waals surface area contributed by atoms with Crippen LogP contribution in [0.2, 0.25) is 5.02 Å². The van der Waals surface area contributed by atoms with Crippen LogP contribution < -0.4 is 10.1 Å². The van der Waals surface area contributed by atoms with Crippen LogP contribution in [0.1, 0.15) is 10.5 Å². The van der Waals surface area contributed by atoms with Crippen molar-refractivity contribution in [2.45, 2.75) is 6.73 Å². The third kappa shape index (κ3) is 4.33. The van der Waals surface area contributed by atoms with Gasteiger partial charge >= 0.3 is 5.69 Å². The first-order chi connectivity index (χ1) is 12.9. The van der Waals surface area contributed by atoms with Gasteiger partial charge < -0.3 is 15.2 Å². The Balaban J connectivity index is 1.67. The molecule has 0 bridgehead atoms. The second kappa shape index (κ2) is 7.75. The van der Waals surface area contributed by atoms with E-state index >= 15 is 0 Å². The Labute approximate surface area is 157 Å². The molecule has 1 amide bonds. The number of aromatic nitrogens is 2. The summed E-state index contributed by atoms with van der Waals surface area (Å²) >= 11 is 5.84. The number of nitrogens with one attached hydrogen (secondary N) is 1. The van der Waals surface area contributed by atoms with Gasteiger partial charge in [0.15, 0.2) is 18.2 Å². The molecule has 1 aromatic heterocycles. The van der Waals surface area contributed by atoms with Gasteiger partial charge in [-0.3, -0.25) is 14.9 Å². The zero-order chi connectivity index (χ0) is 19.4. The molecule has 1 heterocycles. The quantitative estimate of drug-likeness (QED) is 0.379. The van der Waals surface area contributed by atoms with Gasteiger partial charge in [0.1, 0.15) is 5.75 Å². The average molecular weight is 389 g/mol. The smallest absolute Gasteiger partial charge is 0.311 e. The summed E-state index contributed by atoms with van der Waals surface area (Å²) in [4.78, 5) is 22.7. The minimum Gasteiger partial charge on any atom is -0.506 e. The van der Waals surface area contributed by atoms with Gasteiger partial charge in [0.25, 0.3) is 5.91 Å². The van der Waals surface area contributed by atoms with Gasteiger partial charge in [0.2, 0.25) is 0 Å². The predicted octanol–water partition coefficient (Wildman–Crippen LogP) is 3.44. The van der Waals surface area contributed by atoms with E-state index < -0.39 is 10.8 Å². The Kier molecular flexibility index (Phi) is 5.23. The number of ether oxygens (including phenoxy) is 1. The maximum Gasteiger partial charge on any atom is 0.311 e. The number of phenolic OH excluding ortho intramolecular Hbond substituents is 1. The lowest BCUT2D eigenvalue weighted by atomic mass is 10.3. The van der Waals surface area contributed by atoms with E-state index in [9.17, 15) is 20.0 Å². The van der Waals surface area contributed by atoms with Gasteiger partial charge in [0.05, 0.1) is 10.6 Å². The van der Waals surface area contributed by atoms with E-state index in [-0.39, 0.29) is 35.3 Å². The van der Waals surface area contributed by atoms with Crippen molar-refractivity contribution in [3.8, 4) is 11.5 Å². The van der Waals surface area contributed by atoms with Crippen LogP contribution in [0, 0.1) is 10.1 Å². The van der Waals surface area contributed by atoms with Crippen molar-refractivity contribution >= 4 is 28.9 Å². The second-order valence-corrected chi connectivity index (χ2v) is 5.79. The van der Waals surface area contributed by atoms with Crippen molar-refractivity contribution in [2.24, 2.45) is 0 Å². The lowest BCUT2D eigenvalue weighted by Gasteiger charge is -2.07. The molecule has 138 valence electrons. The summed E-state index contributed by atoms with van der Waals surface area (Å²) in [6.07, 6.45) is 1.49. The fraction of sp³-hybridized carbons (Fsp3) is 0.0588. The molecule has 2 N–H and O–H groups in total. The third-order valence-corrected chi connectivity index (χ3v) is 3.73. The van der Waals surface area contributed by atoms with Gasteiger partial charge in [-0.25, -0.2) is 4.68 Å². The van der Waals surface area contributed by atoms with Gasteiger partial charge in [-0.2, -0.15) is 5.10 Å². The summed E-state index contributed by atoms with van der Waals surface area (Å²) in [6.45, 7) is -0.124. The maximum atomic E-state index is 12.2. The summed E-state index contributed by atoms with van der Waals surface area (Å²) < 4.78 is 6.71. The zero-order valence-electron chi connectivity index (χ0n) is 13.7. The molecule has 2 aromatic carbocycles. The fourth-order valence-corrected chi connectivity index (χ4v) is 2.39. The molecule has 27 heavy (non-hydrogen) atoms. The number of hydrogen-bond donors (Lipinski definition) is 2. The van der Waals surface area contributed by atoms with Crippen LogP contribution in [0.25, 0.3) is 0 Å². The van der Waals surface area contributed by atoms with E-state index in [1.54, 1.807) is 6.07 Å². The Bertz CT molecular complexity index is 1000. The number of nitro benzene ring substituents is 1. The van der Waals surface area contributed by atoms with E-state index in [1.807, 2.05) is 0 Å². The first-order valence-electron chi connectivity index (χ1n) is 7.63. The summed E-state index contributed by atoms with van der Waals surface area (Å²) in [5, 5.41) is 27.6. The molecule has 0 unspecified atom stereocenters. The zero-order valence-corrected chi connectivity index (χ0v) is 14.5. The largest absolute Gasteiger partial charge is 0.506 e. The van der Waals surface area contributed by atoms with Crippen molar-refractivity contribution in [1.29, 1.82) is 0 Å². The minimum absolute atomic E-state index is 0.0699. The molecule has 0 spiro atoms. The number of phenols is 1. The molecule has 0 aliphatic carbocycles. The SMILES string of the molecule is O=C(Nc1cc(Cl)ccc1O)c1ccn(COc2ccccc2[N+](=O)[O-])n1.